The molecule has 1 fully saturated rings. The lowest BCUT2D eigenvalue weighted by atomic mass is 10.2. The number of piperazine rings is 1. The molecule has 0 atom stereocenters. The van der Waals surface area contributed by atoms with Crippen LogP contribution in [0.15, 0.2) is 70.0 Å². The van der Waals surface area contributed by atoms with E-state index in [1.54, 1.807) is 12.0 Å². The van der Waals surface area contributed by atoms with E-state index in [0.29, 0.717) is 50.1 Å². The van der Waals surface area contributed by atoms with Gasteiger partial charge in [0.25, 0.3) is 11.5 Å². The van der Waals surface area contributed by atoms with Crippen LogP contribution in [0, 0.1) is 5.82 Å². The first-order chi connectivity index (χ1) is 17.5. The SMILES string of the molecule is COc1ccc(-c2noc(CN3CCN(C(=O)c4ccc(=O)n(-c5ccc(F)cc5)n4)CC3)n2)cc1. The molecule has 0 unspecified atom stereocenters. The van der Waals surface area contributed by atoms with E-state index in [0.717, 1.165) is 16.0 Å². The van der Waals surface area contributed by atoms with Gasteiger partial charge in [-0.1, -0.05) is 5.16 Å². The van der Waals surface area contributed by atoms with Crippen LogP contribution in [0.25, 0.3) is 17.1 Å². The fourth-order valence-corrected chi connectivity index (χ4v) is 3.93. The van der Waals surface area contributed by atoms with Crippen molar-refractivity contribution in [2.24, 2.45) is 0 Å². The Kier molecular flexibility index (Phi) is 6.54. The number of rotatable bonds is 6. The average molecular weight is 490 g/mol. The Morgan fingerprint density at radius 3 is 2.42 bits per heavy atom. The molecule has 0 aliphatic carbocycles. The monoisotopic (exact) mass is 490 g/mol. The second-order valence-corrected chi connectivity index (χ2v) is 8.25. The minimum absolute atomic E-state index is 0.147. The summed E-state index contributed by atoms with van der Waals surface area (Å²) in [6.45, 7) is 2.66. The number of methoxy groups -OCH3 is 1. The number of aromatic nitrogens is 4. The number of nitrogens with zero attached hydrogens (tertiary/aromatic N) is 6. The molecule has 0 N–H and O–H groups in total. The first kappa shape index (κ1) is 23.4. The molecular weight excluding hydrogens is 467 g/mol. The lowest BCUT2D eigenvalue weighted by molar-refractivity contribution is 0.0607. The van der Waals surface area contributed by atoms with Gasteiger partial charge >= 0.3 is 0 Å². The van der Waals surface area contributed by atoms with Crippen molar-refractivity contribution in [1.29, 1.82) is 0 Å². The van der Waals surface area contributed by atoms with Crippen molar-refractivity contribution >= 4 is 5.91 Å². The van der Waals surface area contributed by atoms with Gasteiger partial charge in [-0.25, -0.2) is 4.39 Å². The van der Waals surface area contributed by atoms with E-state index in [1.165, 1.54) is 36.4 Å². The van der Waals surface area contributed by atoms with Crippen LogP contribution in [0.5, 0.6) is 5.75 Å². The number of amides is 1. The third-order valence-electron chi connectivity index (χ3n) is 5.93. The Hall–Kier alpha value is -4.38. The maximum absolute atomic E-state index is 13.2. The Bertz CT molecular complexity index is 1410. The molecule has 0 spiro atoms. The molecule has 2 aromatic heterocycles. The van der Waals surface area contributed by atoms with E-state index in [9.17, 15) is 14.0 Å². The lowest BCUT2D eigenvalue weighted by Crippen LogP contribution is -2.48. The summed E-state index contributed by atoms with van der Waals surface area (Å²) < 4.78 is 24.9. The lowest BCUT2D eigenvalue weighted by Gasteiger charge is -2.33. The van der Waals surface area contributed by atoms with E-state index in [1.807, 2.05) is 24.3 Å². The van der Waals surface area contributed by atoms with Gasteiger partial charge in [-0.2, -0.15) is 14.8 Å². The number of carbonyl (C=O) groups is 1. The van der Waals surface area contributed by atoms with Crippen molar-refractivity contribution in [3.05, 3.63) is 88.4 Å². The summed E-state index contributed by atoms with van der Waals surface area (Å²) in [5, 5.41) is 8.27. The number of halogens is 1. The van der Waals surface area contributed by atoms with Gasteiger partial charge < -0.3 is 14.2 Å². The molecule has 10 nitrogen and oxygen atoms in total. The molecule has 36 heavy (non-hydrogen) atoms. The quantitative estimate of drug-likeness (QED) is 0.406. The Balaban J connectivity index is 1.20. The molecular formula is C25H23FN6O4. The van der Waals surface area contributed by atoms with Crippen LogP contribution in [0.2, 0.25) is 0 Å². The van der Waals surface area contributed by atoms with Crippen molar-refractivity contribution in [2.45, 2.75) is 6.54 Å². The minimum Gasteiger partial charge on any atom is -0.497 e. The van der Waals surface area contributed by atoms with Gasteiger partial charge in [0.15, 0.2) is 0 Å². The molecule has 1 amide bonds. The molecule has 0 bridgehead atoms. The van der Waals surface area contributed by atoms with Crippen LogP contribution in [0.4, 0.5) is 4.39 Å². The highest BCUT2D eigenvalue weighted by Crippen LogP contribution is 2.20. The predicted molar refractivity (Wildman–Crippen MR) is 127 cm³/mol. The van der Waals surface area contributed by atoms with Gasteiger partial charge in [0, 0.05) is 37.8 Å². The Labute approximate surface area is 205 Å². The summed E-state index contributed by atoms with van der Waals surface area (Å²) in [5.41, 5.74) is 0.954. The molecule has 1 aliphatic rings. The molecule has 1 saturated heterocycles. The van der Waals surface area contributed by atoms with E-state index < -0.39 is 11.4 Å². The largest absolute Gasteiger partial charge is 0.497 e. The fourth-order valence-electron chi connectivity index (χ4n) is 3.93. The van der Waals surface area contributed by atoms with Gasteiger partial charge in [-0.15, -0.1) is 0 Å². The van der Waals surface area contributed by atoms with E-state index in [2.05, 4.69) is 20.1 Å². The summed E-state index contributed by atoms with van der Waals surface area (Å²) in [6.07, 6.45) is 0. The molecule has 2 aromatic carbocycles. The molecule has 11 heteroatoms. The van der Waals surface area contributed by atoms with Gasteiger partial charge in [0.05, 0.1) is 19.3 Å². The maximum atomic E-state index is 13.2. The zero-order valence-corrected chi connectivity index (χ0v) is 19.5. The number of carbonyl (C=O) groups excluding carboxylic acids is 1. The maximum Gasteiger partial charge on any atom is 0.274 e. The molecule has 5 rings (SSSR count). The third-order valence-corrected chi connectivity index (χ3v) is 5.93. The topological polar surface area (TPSA) is 107 Å². The summed E-state index contributed by atoms with van der Waals surface area (Å²) in [6, 6.07) is 15.5. The highest BCUT2D eigenvalue weighted by molar-refractivity contribution is 5.92. The molecule has 4 aromatic rings. The summed E-state index contributed by atoms with van der Waals surface area (Å²) in [4.78, 5) is 33.6. The van der Waals surface area contributed by atoms with Crippen molar-refractivity contribution in [1.82, 2.24) is 29.7 Å². The number of benzene rings is 2. The predicted octanol–water partition coefficient (Wildman–Crippen LogP) is 2.39. The molecule has 184 valence electrons. The minimum atomic E-state index is -0.422. The highest BCUT2D eigenvalue weighted by Gasteiger charge is 2.25. The fraction of sp³-hybridized carbons (Fsp3) is 0.240. The van der Waals surface area contributed by atoms with Gasteiger partial charge in [-0.3, -0.25) is 14.5 Å². The van der Waals surface area contributed by atoms with Crippen LogP contribution >= 0.6 is 0 Å². The standard InChI is InChI=1S/C25H23FN6O4/c1-35-20-8-2-17(3-9-20)24-27-22(36-29-24)16-30-12-14-31(15-13-30)25(34)21-10-11-23(33)32(28-21)19-6-4-18(26)5-7-19/h2-11H,12-16H2,1H3. The van der Waals surface area contributed by atoms with Crippen molar-refractivity contribution in [3.63, 3.8) is 0 Å². The first-order valence-electron chi connectivity index (χ1n) is 11.3. The van der Waals surface area contributed by atoms with Crippen LogP contribution < -0.4 is 10.3 Å². The van der Waals surface area contributed by atoms with E-state index >= 15 is 0 Å². The number of ether oxygens (including phenoxy) is 1. The average Bonchev–Trinajstić information content (AvgIpc) is 3.38. The number of hydrogen-bond donors (Lipinski definition) is 0. The van der Waals surface area contributed by atoms with Crippen molar-refractivity contribution < 1.29 is 18.4 Å². The van der Waals surface area contributed by atoms with Crippen molar-refractivity contribution in [2.75, 3.05) is 33.3 Å². The zero-order chi connectivity index (χ0) is 25.1. The normalized spacial score (nSPS) is 14.1. The van der Waals surface area contributed by atoms with Crippen molar-refractivity contribution in [3.8, 4) is 22.8 Å². The molecule has 1 aliphatic heterocycles. The first-order valence-corrected chi connectivity index (χ1v) is 11.3. The van der Waals surface area contributed by atoms with Crippen LogP contribution in [0.1, 0.15) is 16.4 Å². The summed E-state index contributed by atoms with van der Waals surface area (Å²) in [5.74, 6) is 1.05. The van der Waals surface area contributed by atoms with E-state index in [4.69, 9.17) is 9.26 Å². The second-order valence-electron chi connectivity index (χ2n) is 8.25. The molecule has 3 heterocycles. The molecule has 0 radical (unpaired) electrons. The van der Waals surface area contributed by atoms with Crippen LogP contribution in [-0.4, -0.2) is 68.9 Å². The number of hydrogen-bond acceptors (Lipinski definition) is 8. The smallest absolute Gasteiger partial charge is 0.274 e. The highest BCUT2D eigenvalue weighted by atomic mass is 19.1. The second kappa shape index (κ2) is 10.1. The van der Waals surface area contributed by atoms with Crippen LogP contribution in [-0.2, 0) is 6.54 Å². The summed E-state index contributed by atoms with van der Waals surface area (Å²) in [7, 11) is 1.61. The molecule has 0 saturated carbocycles. The van der Waals surface area contributed by atoms with E-state index in [-0.39, 0.29) is 11.6 Å². The van der Waals surface area contributed by atoms with Gasteiger partial charge in [-0.05, 0) is 54.6 Å². The Morgan fingerprint density at radius 2 is 1.72 bits per heavy atom. The third kappa shape index (κ3) is 5.01. The Morgan fingerprint density at radius 1 is 1.00 bits per heavy atom. The van der Waals surface area contributed by atoms with Crippen LogP contribution in [0.3, 0.4) is 0 Å². The van der Waals surface area contributed by atoms with Gasteiger partial charge in [0.1, 0.15) is 17.3 Å². The van der Waals surface area contributed by atoms with Gasteiger partial charge in [0.2, 0.25) is 11.7 Å². The summed E-state index contributed by atoms with van der Waals surface area (Å²) >= 11 is 0. The zero-order valence-electron chi connectivity index (χ0n) is 19.5.